The summed E-state index contributed by atoms with van der Waals surface area (Å²) in [6.07, 6.45) is 3.36. The van der Waals surface area contributed by atoms with Crippen LogP contribution >= 0.6 is 0 Å². The lowest BCUT2D eigenvalue weighted by Gasteiger charge is -2.40. The van der Waals surface area contributed by atoms with Crippen LogP contribution in [0.2, 0.25) is 0 Å². The number of ether oxygens (including phenoxy) is 1. The number of hydrogen-bond donors (Lipinski definition) is 1. The monoisotopic (exact) mass is 597 g/mol. The Morgan fingerprint density at radius 1 is 1.09 bits per heavy atom. The number of pyridine rings is 1. The molecule has 2 aliphatic heterocycles. The maximum Gasteiger partial charge on any atom is 0.433 e. The van der Waals surface area contributed by atoms with Crippen molar-refractivity contribution in [3.63, 3.8) is 0 Å². The number of carbonyl (C=O) groups excluding carboxylic acids is 1. The third kappa shape index (κ3) is 6.75. The van der Waals surface area contributed by atoms with Gasteiger partial charge in [0.15, 0.2) is 0 Å². The van der Waals surface area contributed by atoms with Crippen LogP contribution in [0.15, 0.2) is 52.9 Å². The minimum Gasteiger partial charge on any atom is -0.758 e. The third-order valence-electron chi connectivity index (χ3n) is 8.97. The summed E-state index contributed by atoms with van der Waals surface area (Å²) < 4.78 is 45.2. The van der Waals surface area contributed by atoms with Crippen molar-refractivity contribution in [3.8, 4) is 11.1 Å². The van der Waals surface area contributed by atoms with Crippen molar-refractivity contribution in [2.24, 2.45) is 0 Å². The topological polar surface area (TPSA) is 80.8 Å². The predicted molar refractivity (Wildman–Crippen MR) is 161 cm³/mol. The van der Waals surface area contributed by atoms with Crippen molar-refractivity contribution in [1.82, 2.24) is 15.4 Å². The number of anilines is 1. The molecule has 1 saturated carbocycles. The first-order chi connectivity index (χ1) is 20.6. The standard InChI is InChI=1S/C33H40F3N4O3/c1-4-39(25-12-14-43-15-13-25)29-17-24(23-10-11-31(37-18-23)33(34,35)36)16-28(22(29)3)32(41)38-19-30-27-9-7-5-6-8-26(27)21(2)20-40(30)42/h10-11,16-18,25H,4-9,12-15,19-20H2,1-3H3,(H,38,41)/q-1. The fourth-order valence-electron chi connectivity index (χ4n) is 6.64. The number of fused-ring (bicyclic) bond motifs is 1. The van der Waals surface area contributed by atoms with Gasteiger partial charge in [-0.15, -0.1) is 0 Å². The average Bonchev–Trinajstić information content (AvgIpc) is 3.25. The molecular formula is C33H40F3N4O3-. The number of rotatable bonds is 7. The van der Waals surface area contributed by atoms with Crippen LogP contribution in [-0.2, 0) is 10.9 Å². The second-order valence-electron chi connectivity index (χ2n) is 11.7. The number of benzene rings is 1. The molecule has 0 radical (unpaired) electrons. The first-order valence-electron chi connectivity index (χ1n) is 15.2. The Morgan fingerprint density at radius 3 is 2.47 bits per heavy atom. The summed E-state index contributed by atoms with van der Waals surface area (Å²) in [5.41, 5.74) is 6.23. The van der Waals surface area contributed by atoms with Gasteiger partial charge in [0, 0.05) is 61.1 Å². The molecule has 5 rings (SSSR count). The quantitative estimate of drug-likeness (QED) is 0.365. The van der Waals surface area contributed by atoms with Gasteiger partial charge in [0.25, 0.3) is 5.91 Å². The first kappa shape index (κ1) is 31.1. The van der Waals surface area contributed by atoms with Gasteiger partial charge in [-0.2, -0.15) is 13.2 Å². The summed E-state index contributed by atoms with van der Waals surface area (Å²) in [6, 6.07) is 6.21. The van der Waals surface area contributed by atoms with E-state index in [1.54, 1.807) is 6.07 Å². The van der Waals surface area contributed by atoms with Crippen LogP contribution < -0.4 is 10.2 Å². The van der Waals surface area contributed by atoms with E-state index in [9.17, 15) is 23.2 Å². The van der Waals surface area contributed by atoms with Crippen LogP contribution in [-0.4, -0.2) is 54.8 Å². The van der Waals surface area contributed by atoms with Gasteiger partial charge >= 0.3 is 6.18 Å². The smallest absolute Gasteiger partial charge is 0.433 e. The van der Waals surface area contributed by atoms with Crippen molar-refractivity contribution >= 4 is 11.6 Å². The molecule has 3 heterocycles. The Hall–Kier alpha value is -3.37. The molecule has 2 aromatic rings. The van der Waals surface area contributed by atoms with E-state index in [1.807, 2.05) is 19.9 Å². The van der Waals surface area contributed by atoms with Crippen molar-refractivity contribution in [1.29, 1.82) is 0 Å². The molecule has 0 spiro atoms. The molecule has 10 heteroatoms. The fourth-order valence-corrected chi connectivity index (χ4v) is 6.64. The summed E-state index contributed by atoms with van der Waals surface area (Å²) in [7, 11) is 0. The van der Waals surface area contributed by atoms with E-state index < -0.39 is 11.9 Å². The molecule has 7 nitrogen and oxygen atoms in total. The molecular weight excluding hydrogens is 557 g/mol. The van der Waals surface area contributed by atoms with Crippen molar-refractivity contribution in [2.45, 2.75) is 77.9 Å². The second kappa shape index (κ2) is 13.1. The number of carbonyl (C=O) groups is 1. The molecule has 0 atom stereocenters. The third-order valence-corrected chi connectivity index (χ3v) is 8.97. The summed E-state index contributed by atoms with van der Waals surface area (Å²) in [4.78, 5) is 19.8. The maximum absolute atomic E-state index is 13.8. The van der Waals surface area contributed by atoms with E-state index in [1.165, 1.54) is 17.8 Å². The zero-order valence-corrected chi connectivity index (χ0v) is 25.1. The van der Waals surface area contributed by atoms with Crippen molar-refractivity contribution in [3.05, 3.63) is 74.9 Å². The van der Waals surface area contributed by atoms with Gasteiger partial charge in [0.1, 0.15) is 5.69 Å². The highest BCUT2D eigenvalue weighted by Gasteiger charge is 2.32. The van der Waals surface area contributed by atoms with E-state index in [0.29, 0.717) is 48.7 Å². The Morgan fingerprint density at radius 2 is 1.81 bits per heavy atom. The zero-order chi connectivity index (χ0) is 30.7. The number of amides is 1. The number of nitrogens with one attached hydrogen (secondary N) is 1. The zero-order valence-electron chi connectivity index (χ0n) is 25.1. The highest BCUT2D eigenvalue weighted by atomic mass is 19.4. The number of hydrogen-bond acceptors (Lipinski definition) is 6. The Kier molecular flexibility index (Phi) is 9.46. The molecule has 1 N–H and O–H groups in total. The highest BCUT2D eigenvalue weighted by molar-refractivity contribution is 5.99. The number of allylic oxidation sites excluding steroid dienone is 2. The predicted octanol–water partition coefficient (Wildman–Crippen LogP) is 7.16. The van der Waals surface area contributed by atoms with Gasteiger partial charge in [0.05, 0.1) is 6.54 Å². The number of halogens is 3. The number of alkyl halides is 3. The lowest BCUT2D eigenvalue weighted by Crippen LogP contribution is -2.40. The largest absolute Gasteiger partial charge is 0.758 e. The van der Waals surface area contributed by atoms with Crippen LogP contribution in [0.25, 0.3) is 11.1 Å². The van der Waals surface area contributed by atoms with Crippen molar-refractivity contribution < 1.29 is 22.7 Å². The van der Waals surface area contributed by atoms with Crippen LogP contribution in [0.3, 0.4) is 0 Å². The summed E-state index contributed by atoms with van der Waals surface area (Å²) in [5.74, 6) is -0.327. The number of nitrogens with zero attached hydrogens (tertiary/aromatic N) is 3. The van der Waals surface area contributed by atoms with Gasteiger partial charge in [-0.25, -0.2) is 0 Å². The van der Waals surface area contributed by atoms with E-state index in [2.05, 4.69) is 22.1 Å². The molecule has 1 aromatic heterocycles. The lowest BCUT2D eigenvalue weighted by atomic mass is 9.91. The van der Waals surface area contributed by atoms with Crippen LogP contribution in [0.5, 0.6) is 0 Å². The van der Waals surface area contributed by atoms with E-state index >= 15 is 0 Å². The first-order valence-corrected chi connectivity index (χ1v) is 15.2. The minimum atomic E-state index is -4.54. The summed E-state index contributed by atoms with van der Waals surface area (Å²) in [6.45, 7) is 8.39. The Balaban J connectivity index is 1.51. The molecule has 0 bridgehead atoms. The van der Waals surface area contributed by atoms with E-state index in [4.69, 9.17) is 4.74 Å². The molecule has 1 saturated heterocycles. The van der Waals surface area contributed by atoms with Crippen LogP contribution in [0, 0.1) is 12.1 Å². The molecule has 0 unspecified atom stereocenters. The molecule has 3 aliphatic rings. The molecule has 1 aromatic carbocycles. The summed E-state index contributed by atoms with van der Waals surface area (Å²) >= 11 is 0. The van der Waals surface area contributed by atoms with Crippen LogP contribution in [0.1, 0.15) is 80.4 Å². The highest BCUT2D eigenvalue weighted by Crippen LogP contribution is 2.37. The molecule has 43 heavy (non-hydrogen) atoms. The average molecular weight is 598 g/mol. The number of aromatic nitrogens is 1. The number of hydroxylamine groups is 2. The molecule has 1 aliphatic carbocycles. The molecule has 1 amide bonds. The van der Waals surface area contributed by atoms with E-state index in [0.717, 1.165) is 78.5 Å². The van der Waals surface area contributed by atoms with Crippen molar-refractivity contribution in [2.75, 3.05) is 37.7 Å². The minimum absolute atomic E-state index is 0.118. The Bertz CT molecular complexity index is 1400. The normalized spacial score (nSPS) is 18.4. The molecule has 2 fully saturated rings. The molecule has 232 valence electrons. The van der Waals surface area contributed by atoms with Gasteiger partial charge < -0.3 is 25.2 Å². The van der Waals surface area contributed by atoms with Gasteiger partial charge in [-0.05, 0) is 99.8 Å². The van der Waals surface area contributed by atoms with Gasteiger partial charge in [-0.1, -0.05) is 18.1 Å². The fraction of sp³-hybridized carbons (Fsp3) is 0.515. The van der Waals surface area contributed by atoms with Gasteiger partial charge in [-0.3, -0.25) is 9.78 Å². The van der Waals surface area contributed by atoms with Crippen LogP contribution in [0.4, 0.5) is 18.9 Å². The SMILES string of the molecule is CCN(c1cc(-c2ccc(C(F)(F)F)nc2)cc(C(=O)NCC2=C3CCCCCC3=C(C)CN2[O-])c1C)C1CCOCC1. The summed E-state index contributed by atoms with van der Waals surface area (Å²) in [5, 5.41) is 17.1. The second-order valence-corrected chi connectivity index (χ2v) is 11.7. The lowest BCUT2D eigenvalue weighted by molar-refractivity contribution is -0.141. The maximum atomic E-state index is 13.8. The van der Waals surface area contributed by atoms with Gasteiger partial charge in [0.2, 0.25) is 0 Å². The van der Waals surface area contributed by atoms with E-state index in [-0.39, 0.29) is 18.5 Å². The Labute approximate surface area is 251 Å².